The van der Waals surface area contributed by atoms with Crippen molar-refractivity contribution in [3.63, 3.8) is 0 Å². The molecule has 0 bridgehead atoms. The summed E-state index contributed by atoms with van der Waals surface area (Å²) < 4.78 is 2.06. The predicted molar refractivity (Wildman–Crippen MR) is 111 cm³/mol. The molecule has 6 heteroatoms. The van der Waals surface area contributed by atoms with Crippen LogP contribution in [0.2, 0.25) is 5.02 Å². The Bertz CT molecular complexity index is 1150. The smallest absolute Gasteiger partial charge is 0.259 e. The molecule has 142 valence electrons. The highest BCUT2D eigenvalue weighted by Gasteiger charge is 2.26. The number of amides is 1. The Hall–Kier alpha value is -2.79. The van der Waals surface area contributed by atoms with Crippen LogP contribution in [-0.2, 0) is 13.0 Å². The summed E-state index contributed by atoms with van der Waals surface area (Å²) in [7, 11) is 0. The van der Waals surface area contributed by atoms with Crippen molar-refractivity contribution >= 4 is 34.1 Å². The van der Waals surface area contributed by atoms with Crippen LogP contribution in [0.25, 0.3) is 10.9 Å². The van der Waals surface area contributed by atoms with Crippen molar-refractivity contribution in [3.8, 4) is 0 Å². The van der Waals surface area contributed by atoms with E-state index in [-0.39, 0.29) is 16.9 Å². The third-order valence-electron chi connectivity index (χ3n) is 5.77. The van der Waals surface area contributed by atoms with Gasteiger partial charge < -0.3 is 14.4 Å². The van der Waals surface area contributed by atoms with Crippen molar-refractivity contribution in [1.29, 1.82) is 0 Å². The van der Waals surface area contributed by atoms with Gasteiger partial charge in [0.15, 0.2) is 0 Å². The van der Waals surface area contributed by atoms with Gasteiger partial charge in [-0.05, 0) is 36.2 Å². The third-order valence-corrected chi connectivity index (χ3v) is 6.01. The molecule has 1 fully saturated rings. The molecular formula is C22H20ClN3O2. The molecule has 0 saturated carbocycles. The van der Waals surface area contributed by atoms with Crippen LogP contribution < -0.4 is 10.3 Å². The van der Waals surface area contributed by atoms with Crippen LogP contribution in [0.5, 0.6) is 0 Å². The van der Waals surface area contributed by atoms with Crippen molar-refractivity contribution in [3.05, 3.63) is 75.0 Å². The van der Waals surface area contributed by atoms with Gasteiger partial charge in [0, 0.05) is 55.0 Å². The van der Waals surface area contributed by atoms with Crippen molar-refractivity contribution in [1.82, 2.24) is 9.47 Å². The van der Waals surface area contributed by atoms with Gasteiger partial charge in [-0.1, -0.05) is 29.8 Å². The van der Waals surface area contributed by atoms with Crippen LogP contribution in [0.3, 0.4) is 0 Å². The summed E-state index contributed by atoms with van der Waals surface area (Å²) in [6.45, 7) is 3.43. The number of aromatic nitrogens is 1. The van der Waals surface area contributed by atoms with Crippen LogP contribution >= 0.6 is 11.6 Å². The summed E-state index contributed by atoms with van der Waals surface area (Å²) in [4.78, 5) is 30.1. The van der Waals surface area contributed by atoms with Crippen LogP contribution in [0, 0.1) is 0 Å². The minimum Gasteiger partial charge on any atom is -0.368 e. The molecule has 0 N–H and O–H groups in total. The van der Waals surface area contributed by atoms with E-state index in [1.54, 1.807) is 11.1 Å². The Kier molecular flexibility index (Phi) is 4.13. The number of rotatable bonds is 2. The molecule has 0 unspecified atom stereocenters. The summed E-state index contributed by atoms with van der Waals surface area (Å²) >= 11 is 6.09. The lowest BCUT2D eigenvalue weighted by Gasteiger charge is -2.36. The number of aryl methyl sites for hydroxylation is 2. The lowest BCUT2D eigenvalue weighted by Crippen LogP contribution is -2.49. The number of hydrogen-bond acceptors (Lipinski definition) is 3. The zero-order valence-electron chi connectivity index (χ0n) is 15.4. The van der Waals surface area contributed by atoms with E-state index in [0.29, 0.717) is 23.5 Å². The molecule has 3 aromatic rings. The fraction of sp³-hybridized carbons (Fsp3) is 0.273. The summed E-state index contributed by atoms with van der Waals surface area (Å²) in [5.41, 5.74) is 3.35. The monoisotopic (exact) mass is 393 g/mol. The second kappa shape index (κ2) is 6.67. The minimum absolute atomic E-state index is 0.155. The van der Waals surface area contributed by atoms with Gasteiger partial charge in [0.2, 0.25) is 5.43 Å². The van der Waals surface area contributed by atoms with E-state index in [1.807, 2.05) is 36.4 Å². The van der Waals surface area contributed by atoms with Gasteiger partial charge in [-0.25, -0.2) is 0 Å². The summed E-state index contributed by atoms with van der Waals surface area (Å²) in [5, 5.41) is 1.36. The number of anilines is 1. The van der Waals surface area contributed by atoms with Crippen LogP contribution in [0.1, 0.15) is 15.9 Å². The van der Waals surface area contributed by atoms with Gasteiger partial charge in [-0.3, -0.25) is 9.59 Å². The van der Waals surface area contributed by atoms with E-state index >= 15 is 0 Å². The van der Waals surface area contributed by atoms with Crippen molar-refractivity contribution in [2.45, 2.75) is 13.0 Å². The van der Waals surface area contributed by atoms with Gasteiger partial charge >= 0.3 is 0 Å². The highest BCUT2D eigenvalue weighted by molar-refractivity contribution is 6.30. The molecule has 5 nitrogen and oxygen atoms in total. The first-order valence-electron chi connectivity index (χ1n) is 9.57. The zero-order chi connectivity index (χ0) is 19.3. The minimum atomic E-state index is -0.168. The van der Waals surface area contributed by atoms with Crippen LogP contribution in [-0.4, -0.2) is 41.6 Å². The topological polar surface area (TPSA) is 45.6 Å². The number of halogens is 1. The molecule has 1 amide bonds. The molecule has 2 aliphatic heterocycles. The molecule has 3 heterocycles. The van der Waals surface area contributed by atoms with E-state index < -0.39 is 0 Å². The quantitative estimate of drug-likeness (QED) is 0.671. The second-order valence-electron chi connectivity index (χ2n) is 7.39. The van der Waals surface area contributed by atoms with E-state index in [4.69, 9.17) is 11.6 Å². The average molecular weight is 394 g/mol. The maximum atomic E-state index is 13.1. The molecule has 5 rings (SSSR count). The third kappa shape index (κ3) is 2.78. The van der Waals surface area contributed by atoms with Crippen molar-refractivity contribution < 1.29 is 4.79 Å². The molecule has 1 saturated heterocycles. The first-order chi connectivity index (χ1) is 13.6. The molecule has 28 heavy (non-hydrogen) atoms. The lowest BCUT2D eigenvalue weighted by molar-refractivity contribution is 0.0745. The Morgan fingerprint density at radius 3 is 2.54 bits per heavy atom. The SMILES string of the molecule is O=C(c1cn2c3c(cccc3c1=O)CC2)N1CCN(c2cccc(Cl)c2)CC1. The molecule has 0 aliphatic carbocycles. The molecule has 0 radical (unpaired) electrons. The molecule has 2 aliphatic rings. The standard InChI is InChI=1S/C22H20ClN3O2/c23-16-4-2-5-17(13-16)24-9-11-25(12-10-24)22(28)19-14-26-8-7-15-3-1-6-18(20(15)26)21(19)27/h1-6,13-14H,7-12H2. The number of carbonyl (C=O) groups excluding carboxylic acids is 1. The van der Waals surface area contributed by atoms with Crippen LogP contribution in [0.15, 0.2) is 53.5 Å². The molecule has 1 aromatic heterocycles. The number of hydrogen-bond donors (Lipinski definition) is 0. The summed E-state index contributed by atoms with van der Waals surface area (Å²) in [6.07, 6.45) is 2.67. The largest absolute Gasteiger partial charge is 0.368 e. The fourth-order valence-electron chi connectivity index (χ4n) is 4.32. The van der Waals surface area contributed by atoms with Crippen LogP contribution in [0.4, 0.5) is 5.69 Å². The van der Waals surface area contributed by atoms with E-state index in [2.05, 4.69) is 15.5 Å². The lowest BCUT2D eigenvalue weighted by atomic mass is 10.1. The predicted octanol–water partition coefficient (Wildman–Crippen LogP) is 3.17. The van der Waals surface area contributed by atoms with Gasteiger partial charge in [0.25, 0.3) is 5.91 Å². The van der Waals surface area contributed by atoms with Gasteiger partial charge in [-0.2, -0.15) is 0 Å². The van der Waals surface area contributed by atoms with E-state index in [0.717, 1.165) is 37.3 Å². The van der Waals surface area contributed by atoms with E-state index in [9.17, 15) is 9.59 Å². The van der Waals surface area contributed by atoms with E-state index in [1.165, 1.54) is 5.56 Å². The van der Waals surface area contributed by atoms with Crippen molar-refractivity contribution in [2.75, 3.05) is 31.1 Å². The highest BCUT2D eigenvalue weighted by Crippen LogP contribution is 2.25. The molecule has 0 atom stereocenters. The molecule has 0 spiro atoms. The highest BCUT2D eigenvalue weighted by atomic mass is 35.5. The Morgan fingerprint density at radius 2 is 1.75 bits per heavy atom. The fourth-order valence-corrected chi connectivity index (χ4v) is 4.50. The maximum absolute atomic E-state index is 13.1. The number of para-hydroxylation sites is 1. The second-order valence-corrected chi connectivity index (χ2v) is 7.82. The average Bonchev–Trinajstić information content (AvgIpc) is 3.14. The Labute approximate surface area is 167 Å². The van der Waals surface area contributed by atoms with Crippen molar-refractivity contribution in [2.24, 2.45) is 0 Å². The zero-order valence-corrected chi connectivity index (χ0v) is 16.2. The normalized spacial score (nSPS) is 16.0. The summed E-state index contributed by atoms with van der Waals surface area (Å²) in [6, 6.07) is 13.5. The Balaban J connectivity index is 1.40. The Morgan fingerprint density at radius 1 is 0.964 bits per heavy atom. The number of carbonyl (C=O) groups is 1. The maximum Gasteiger partial charge on any atom is 0.259 e. The first-order valence-corrected chi connectivity index (χ1v) is 9.94. The first kappa shape index (κ1) is 17.3. The molecular weight excluding hydrogens is 374 g/mol. The number of pyridine rings is 1. The number of nitrogens with zero attached hydrogens (tertiary/aromatic N) is 3. The molecule has 2 aromatic carbocycles. The number of benzene rings is 2. The van der Waals surface area contributed by atoms with Gasteiger partial charge in [-0.15, -0.1) is 0 Å². The van der Waals surface area contributed by atoms with Gasteiger partial charge in [0.05, 0.1) is 5.52 Å². The van der Waals surface area contributed by atoms with Gasteiger partial charge in [0.1, 0.15) is 5.56 Å². The number of piperazine rings is 1. The summed E-state index contributed by atoms with van der Waals surface area (Å²) in [5.74, 6) is -0.168.